The molecule has 0 saturated heterocycles. The zero-order valence-electron chi connectivity index (χ0n) is 7.13. The smallest absolute Gasteiger partial charge is 0.0412 e. The Labute approximate surface area is 88.2 Å². The van der Waals surface area contributed by atoms with E-state index < -0.39 is 0 Å². The summed E-state index contributed by atoms with van der Waals surface area (Å²) in [7, 11) is 0. The first-order valence-electron chi connectivity index (χ1n) is 4.23. The fourth-order valence-corrected chi connectivity index (χ4v) is 2.46. The van der Waals surface area contributed by atoms with E-state index >= 15 is 0 Å². The molecule has 2 rings (SSSR count). The van der Waals surface area contributed by atoms with Gasteiger partial charge in [0.05, 0.1) is 0 Å². The van der Waals surface area contributed by atoms with Gasteiger partial charge in [-0.15, -0.1) is 23.2 Å². The number of fused-ring (bicyclic) bond motifs is 1. The van der Waals surface area contributed by atoms with E-state index in [-0.39, 0.29) is 5.41 Å². The molecule has 0 atom stereocenters. The summed E-state index contributed by atoms with van der Waals surface area (Å²) >= 11 is 11.9. The minimum atomic E-state index is -0.139. The van der Waals surface area contributed by atoms with Crippen molar-refractivity contribution in [3.63, 3.8) is 0 Å². The molecule has 0 unspecified atom stereocenters. The molecule has 0 spiro atoms. The summed E-state index contributed by atoms with van der Waals surface area (Å²) in [6.45, 7) is 0. The fourth-order valence-electron chi connectivity index (χ4n) is 1.70. The van der Waals surface area contributed by atoms with Crippen LogP contribution in [-0.4, -0.2) is 11.8 Å². The van der Waals surface area contributed by atoms with Crippen LogP contribution >= 0.6 is 23.2 Å². The van der Waals surface area contributed by atoms with Crippen molar-refractivity contribution in [2.75, 3.05) is 11.8 Å². The summed E-state index contributed by atoms with van der Waals surface area (Å²) in [4.78, 5) is 0. The summed E-state index contributed by atoms with van der Waals surface area (Å²) in [6.07, 6.45) is 4.21. The van der Waals surface area contributed by atoms with Gasteiger partial charge in [-0.25, -0.2) is 0 Å². The number of hydrogen-bond acceptors (Lipinski definition) is 0. The van der Waals surface area contributed by atoms with E-state index in [0.717, 1.165) is 0 Å². The van der Waals surface area contributed by atoms with Gasteiger partial charge in [0.15, 0.2) is 0 Å². The average Bonchev–Trinajstić information content (AvgIpc) is 2.58. The SMILES string of the molecule is ClCC1(CCl)C=Cc2ccccc21. The van der Waals surface area contributed by atoms with Crippen LogP contribution in [0.15, 0.2) is 30.3 Å². The van der Waals surface area contributed by atoms with Crippen LogP contribution in [-0.2, 0) is 5.41 Å². The lowest BCUT2D eigenvalue weighted by atomic mass is 9.87. The summed E-state index contributed by atoms with van der Waals surface area (Å²) < 4.78 is 0. The molecule has 2 heteroatoms. The van der Waals surface area contributed by atoms with E-state index in [1.165, 1.54) is 11.1 Å². The Bertz CT molecular complexity index is 338. The van der Waals surface area contributed by atoms with Crippen LogP contribution in [0.5, 0.6) is 0 Å². The molecule has 0 nitrogen and oxygen atoms in total. The van der Waals surface area contributed by atoms with Crippen LogP contribution in [0.25, 0.3) is 6.08 Å². The molecule has 68 valence electrons. The second kappa shape index (κ2) is 3.36. The Morgan fingerprint density at radius 2 is 1.77 bits per heavy atom. The molecule has 1 aromatic rings. The summed E-state index contributed by atoms with van der Waals surface area (Å²) in [5.41, 5.74) is 2.35. The number of halogens is 2. The van der Waals surface area contributed by atoms with Gasteiger partial charge in [0, 0.05) is 17.2 Å². The number of rotatable bonds is 2. The molecule has 0 heterocycles. The molecule has 0 aromatic heterocycles. The highest BCUT2D eigenvalue weighted by Gasteiger charge is 2.32. The molecule has 0 fully saturated rings. The maximum atomic E-state index is 5.96. The largest absolute Gasteiger partial charge is 0.125 e. The predicted octanol–water partition coefficient (Wildman–Crippen LogP) is 3.43. The summed E-state index contributed by atoms with van der Waals surface area (Å²) in [5.74, 6) is 1.09. The third-order valence-electron chi connectivity index (χ3n) is 2.56. The Balaban J connectivity index is 2.53. The molecular formula is C11H10Cl2. The van der Waals surface area contributed by atoms with Crippen molar-refractivity contribution in [3.8, 4) is 0 Å². The van der Waals surface area contributed by atoms with E-state index in [1.54, 1.807) is 0 Å². The number of alkyl halides is 2. The van der Waals surface area contributed by atoms with Crippen LogP contribution in [0.4, 0.5) is 0 Å². The van der Waals surface area contributed by atoms with Gasteiger partial charge in [0.1, 0.15) is 0 Å². The van der Waals surface area contributed by atoms with Crippen molar-refractivity contribution in [1.82, 2.24) is 0 Å². The van der Waals surface area contributed by atoms with Crippen molar-refractivity contribution >= 4 is 29.3 Å². The second-order valence-electron chi connectivity index (χ2n) is 3.34. The normalized spacial score (nSPS) is 17.4. The molecule has 1 aromatic carbocycles. The van der Waals surface area contributed by atoms with Crippen molar-refractivity contribution in [1.29, 1.82) is 0 Å². The zero-order valence-corrected chi connectivity index (χ0v) is 8.65. The summed E-state index contributed by atoms with van der Waals surface area (Å²) in [5, 5.41) is 0. The molecule has 0 bridgehead atoms. The lowest BCUT2D eigenvalue weighted by Gasteiger charge is -2.23. The molecular weight excluding hydrogens is 203 g/mol. The molecule has 0 amide bonds. The lowest BCUT2D eigenvalue weighted by molar-refractivity contribution is 0.700. The van der Waals surface area contributed by atoms with Gasteiger partial charge in [-0.2, -0.15) is 0 Å². The minimum Gasteiger partial charge on any atom is -0.125 e. The van der Waals surface area contributed by atoms with Gasteiger partial charge in [0.25, 0.3) is 0 Å². The number of hydrogen-bond donors (Lipinski definition) is 0. The van der Waals surface area contributed by atoms with Gasteiger partial charge in [-0.3, -0.25) is 0 Å². The third kappa shape index (κ3) is 1.29. The van der Waals surface area contributed by atoms with E-state index in [2.05, 4.69) is 24.3 Å². The highest BCUT2D eigenvalue weighted by Crippen LogP contribution is 2.37. The standard InChI is InChI=1S/C11H10Cl2/c12-7-11(8-13)6-5-9-3-1-2-4-10(9)11/h1-6H,7-8H2. The highest BCUT2D eigenvalue weighted by atomic mass is 35.5. The van der Waals surface area contributed by atoms with E-state index in [0.29, 0.717) is 11.8 Å². The van der Waals surface area contributed by atoms with E-state index in [1.807, 2.05) is 12.1 Å². The minimum absolute atomic E-state index is 0.139. The Morgan fingerprint density at radius 3 is 2.46 bits per heavy atom. The van der Waals surface area contributed by atoms with Gasteiger partial charge in [0.2, 0.25) is 0 Å². The maximum Gasteiger partial charge on any atom is 0.0412 e. The van der Waals surface area contributed by atoms with Crippen molar-refractivity contribution in [3.05, 3.63) is 41.5 Å². The van der Waals surface area contributed by atoms with Gasteiger partial charge in [-0.05, 0) is 11.1 Å². The zero-order chi connectivity index (χ0) is 9.31. The van der Waals surface area contributed by atoms with E-state index in [4.69, 9.17) is 23.2 Å². The Morgan fingerprint density at radius 1 is 1.08 bits per heavy atom. The molecule has 0 saturated carbocycles. The van der Waals surface area contributed by atoms with Crippen LogP contribution in [0.1, 0.15) is 11.1 Å². The maximum absolute atomic E-state index is 5.96. The molecule has 1 aliphatic rings. The lowest BCUT2D eigenvalue weighted by Crippen LogP contribution is -2.25. The monoisotopic (exact) mass is 212 g/mol. The van der Waals surface area contributed by atoms with Crippen LogP contribution in [0, 0.1) is 0 Å². The van der Waals surface area contributed by atoms with Crippen LogP contribution in [0.2, 0.25) is 0 Å². The second-order valence-corrected chi connectivity index (χ2v) is 3.88. The highest BCUT2D eigenvalue weighted by molar-refractivity contribution is 6.22. The first-order valence-corrected chi connectivity index (χ1v) is 5.30. The molecule has 0 aliphatic heterocycles. The topological polar surface area (TPSA) is 0 Å². The van der Waals surface area contributed by atoms with Crippen LogP contribution in [0.3, 0.4) is 0 Å². The van der Waals surface area contributed by atoms with Gasteiger partial charge < -0.3 is 0 Å². The Kier molecular flexibility index (Phi) is 2.35. The molecule has 1 aliphatic carbocycles. The molecule has 0 N–H and O–H groups in total. The summed E-state index contributed by atoms with van der Waals surface area (Å²) in [6, 6.07) is 8.24. The van der Waals surface area contributed by atoms with Crippen molar-refractivity contribution < 1.29 is 0 Å². The fraction of sp³-hybridized carbons (Fsp3) is 0.273. The van der Waals surface area contributed by atoms with Crippen molar-refractivity contribution in [2.45, 2.75) is 5.41 Å². The number of allylic oxidation sites excluding steroid dienone is 1. The van der Waals surface area contributed by atoms with Gasteiger partial charge in [-0.1, -0.05) is 36.4 Å². The van der Waals surface area contributed by atoms with Gasteiger partial charge >= 0.3 is 0 Å². The predicted molar refractivity (Wildman–Crippen MR) is 58.6 cm³/mol. The van der Waals surface area contributed by atoms with Crippen molar-refractivity contribution in [2.24, 2.45) is 0 Å². The molecule has 0 radical (unpaired) electrons. The first-order chi connectivity index (χ1) is 6.32. The van der Waals surface area contributed by atoms with Crippen LogP contribution < -0.4 is 0 Å². The number of benzene rings is 1. The Hall–Kier alpha value is -0.460. The first kappa shape index (κ1) is 9.11. The third-order valence-corrected chi connectivity index (χ3v) is 3.51. The quantitative estimate of drug-likeness (QED) is 0.660. The molecule has 13 heavy (non-hydrogen) atoms. The van der Waals surface area contributed by atoms with E-state index in [9.17, 15) is 0 Å². The average molecular weight is 213 g/mol.